The van der Waals surface area contributed by atoms with Gasteiger partial charge in [0.05, 0.1) is 13.5 Å². The Balaban J connectivity index is 1.46. The van der Waals surface area contributed by atoms with Gasteiger partial charge in [0.15, 0.2) is 0 Å². The molecule has 0 fully saturated rings. The van der Waals surface area contributed by atoms with E-state index < -0.39 is 0 Å². The number of anilines is 1. The number of carbonyl (C=O) groups excluding carboxylic acids is 1. The van der Waals surface area contributed by atoms with E-state index in [0.717, 1.165) is 28.0 Å². The number of ether oxygens (including phenoxy) is 1. The zero-order chi connectivity index (χ0) is 20.9. The van der Waals surface area contributed by atoms with E-state index in [1.807, 2.05) is 79.7 Å². The molecule has 3 aromatic carbocycles. The monoisotopic (exact) mass is 399 g/mol. The summed E-state index contributed by atoms with van der Waals surface area (Å²) < 4.78 is 11.0. The maximum Gasteiger partial charge on any atom is 0.248 e. The molecule has 1 amide bonds. The van der Waals surface area contributed by atoms with Crippen molar-refractivity contribution < 1.29 is 13.9 Å². The summed E-state index contributed by atoms with van der Waals surface area (Å²) in [6, 6.07) is 22.7. The average molecular weight is 399 g/mol. The zero-order valence-corrected chi connectivity index (χ0v) is 16.8. The molecule has 0 saturated carbocycles. The average Bonchev–Trinajstić information content (AvgIpc) is 3.25. The molecule has 0 saturated heterocycles. The van der Waals surface area contributed by atoms with Crippen molar-refractivity contribution in [3.8, 4) is 28.7 Å². The number of benzene rings is 3. The van der Waals surface area contributed by atoms with Crippen molar-refractivity contribution >= 4 is 11.6 Å². The Bertz CT molecular complexity index is 1170. The topological polar surface area (TPSA) is 77.2 Å². The molecule has 0 atom stereocenters. The van der Waals surface area contributed by atoms with Crippen LogP contribution in [0.1, 0.15) is 11.1 Å². The van der Waals surface area contributed by atoms with Gasteiger partial charge in [-0.25, -0.2) is 0 Å². The van der Waals surface area contributed by atoms with E-state index in [4.69, 9.17) is 9.15 Å². The maximum absolute atomic E-state index is 12.4. The van der Waals surface area contributed by atoms with Gasteiger partial charge in [-0.15, -0.1) is 10.2 Å². The summed E-state index contributed by atoms with van der Waals surface area (Å²) in [5.74, 6) is 1.51. The maximum atomic E-state index is 12.4. The van der Waals surface area contributed by atoms with Crippen LogP contribution in [0.3, 0.4) is 0 Å². The second-order valence-electron chi connectivity index (χ2n) is 6.94. The first-order chi connectivity index (χ1) is 14.6. The summed E-state index contributed by atoms with van der Waals surface area (Å²) in [6.45, 7) is 2.01. The van der Waals surface area contributed by atoms with Gasteiger partial charge in [-0.2, -0.15) is 0 Å². The normalized spacial score (nSPS) is 10.6. The van der Waals surface area contributed by atoms with E-state index in [0.29, 0.717) is 17.5 Å². The summed E-state index contributed by atoms with van der Waals surface area (Å²) >= 11 is 0. The van der Waals surface area contributed by atoms with Crippen molar-refractivity contribution in [3.05, 3.63) is 83.9 Å². The summed E-state index contributed by atoms with van der Waals surface area (Å²) in [5, 5.41) is 11.2. The van der Waals surface area contributed by atoms with Gasteiger partial charge >= 0.3 is 0 Å². The number of amides is 1. The summed E-state index contributed by atoms with van der Waals surface area (Å²) in [4.78, 5) is 12.4. The standard InChI is InChI=1S/C24H21N3O3/c1-16-5-3-6-18(13-16)23-26-27-24(30-23)19-7-4-8-20(15-19)25-22(28)14-17-9-11-21(29-2)12-10-17/h3-13,15H,14H2,1-2H3,(H,25,28). The van der Waals surface area contributed by atoms with Crippen LogP contribution in [0, 0.1) is 6.92 Å². The van der Waals surface area contributed by atoms with Crippen LogP contribution in [0.15, 0.2) is 77.2 Å². The number of rotatable bonds is 6. The smallest absolute Gasteiger partial charge is 0.248 e. The molecule has 4 rings (SSSR count). The number of nitrogens with zero attached hydrogens (tertiary/aromatic N) is 2. The first kappa shape index (κ1) is 19.4. The highest BCUT2D eigenvalue weighted by Gasteiger charge is 2.12. The molecule has 0 radical (unpaired) electrons. The van der Waals surface area contributed by atoms with Crippen LogP contribution >= 0.6 is 0 Å². The SMILES string of the molecule is COc1ccc(CC(=O)Nc2cccc(-c3nnc(-c4cccc(C)c4)o3)c2)cc1. The Kier molecular flexibility index (Phi) is 5.57. The predicted octanol–water partition coefficient (Wildman–Crippen LogP) is 4.90. The van der Waals surface area contributed by atoms with Crippen molar-refractivity contribution in [3.63, 3.8) is 0 Å². The van der Waals surface area contributed by atoms with E-state index in [-0.39, 0.29) is 12.3 Å². The third-order valence-electron chi connectivity index (χ3n) is 4.61. The Morgan fingerprint density at radius 3 is 2.27 bits per heavy atom. The van der Waals surface area contributed by atoms with E-state index in [9.17, 15) is 4.79 Å². The molecule has 0 aliphatic heterocycles. The van der Waals surface area contributed by atoms with Crippen LogP contribution in [-0.4, -0.2) is 23.2 Å². The molecule has 6 heteroatoms. The third-order valence-corrected chi connectivity index (χ3v) is 4.61. The molecule has 0 aliphatic rings. The highest BCUT2D eigenvalue weighted by atomic mass is 16.5. The van der Waals surface area contributed by atoms with Crippen LogP contribution in [-0.2, 0) is 11.2 Å². The lowest BCUT2D eigenvalue weighted by Crippen LogP contribution is -2.14. The molecular weight excluding hydrogens is 378 g/mol. The fourth-order valence-electron chi connectivity index (χ4n) is 3.10. The molecule has 150 valence electrons. The number of aryl methyl sites for hydroxylation is 1. The minimum atomic E-state index is -0.108. The first-order valence-electron chi connectivity index (χ1n) is 9.54. The van der Waals surface area contributed by atoms with Crippen molar-refractivity contribution in [2.75, 3.05) is 12.4 Å². The van der Waals surface area contributed by atoms with Gasteiger partial charge in [0.1, 0.15) is 5.75 Å². The Labute approximate surface area is 174 Å². The minimum Gasteiger partial charge on any atom is -0.497 e. The molecule has 4 aromatic rings. The molecule has 6 nitrogen and oxygen atoms in total. The number of aromatic nitrogens is 2. The van der Waals surface area contributed by atoms with Crippen LogP contribution in [0.5, 0.6) is 5.75 Å². The van der Waals surface area contributed by atoms with Gasteiger partial charge in [0.2, 0.25) is 17.7 Å². The van der Waals surface area contributed by atoms with Gasteiger partial charge in [-0.05, 0) is 55.0 Å². The molecule has 1 N–H and O–H groups in total. The molecule has 30 heavy (non-hydrogen) atoms. The van der Waals surface area contributed by atoms with Gasteiger partial charge in [-0.3, -0.25) is 4.79 Å². The van der Waals surface area contributed by atoms with Gasteiger partial charge in [-0.1, -0.05) is 35.9 Å². The Morgan fingerprint density at radius 2 is 1.60 bits per heavy atom. The summed E-state index contributed by atoms with van der Waals surface area (Å²) in [6.07, 6.45) is 0.270. The van der Waals surface area contributed by atoms with Gasteiger partial charge in [0, 0.05) is 16.8 Å². The molecule has 0 aliphatic carbocycles. The second kappa shape index (κ2) is 8.61. The van der Waals surface area contributed by atoms with Crippen molar-refractivity contribution in [2.24, 2.45) is 0 Å². The molecule has 0 unspecified atom stereocenters. The minimum absolute atomic E-state index is 0.108. The summed E-state index contributed by atoms with van der Waals surface area (Å²) in [5.41, 5.74) is 4.31. The van der Waals surface area contributed by atoms with Crippen molar-refractivity contribution in [2.45, 2.75) is 13.3 Å². The highest BCUT2D eigenvalue weighted by molar-refractivity contribution is 5.92. The zero-order valence-electron chi connectivity index (χ0n) is 16.8. The molecule has 0 bridgehead atoms. The van der Waals surface area contributed by atoms with Crippen molar-refractivity contribution in [1.29, 1.82) is 0 Å². The number of methoxy groups -OCH3 is 1. The van der Waals surface area contributed by atoms with Crippen LogP contribution in [0.4, 0.5) is 5.69 Å². The molecule has 0 spiro atoms. The van der Waals surface area contributed by atoms with E-state index in [1.165, 1.54) is 0 Å². The number of hydrogen-bond donors (Lipinski definition) is 1. The molecule has 1 aromatic heterocycles. The third kappa shape index (κ3) is 4.55. The fraction of sp³-hybridized carbons (Fsp3) is 0.125. The second-order valence-corrected chi connectivity index (χ2v) is 6.94. The number of hydrogen-bond acceptors (Lipinski definition) is 5. The Morgan fingerprint density at radius 1 is 0.933 bits per heavy atom. The Hall–Kier alpha value is -3.93. The lowest BCUT2D eigenvalue weighted by Gasteiger charge is -2.07. The lowest BCUT2D eigenvalue weighted by atomic mass is 10.1. The number of nitrogens with one attached hydrogen (secondary N) is 1. The van der Waals surface area contributed by atoms with Crippen LogP contribution in [0.25, 0.3) is 22.9 Å². The largest absolute Gasteiger partial charge is 0.497 e. The van der Waals surface area contributed by atoms with Gasteiger partial charge in [0.25, 0.3) is 0 Å². The van der Waals surface area contributed by atoms with E-state index in [1.54, 1.807) is 7.11 Å². The lowest BCUT2D eigenvalue weighted by molar-refractivity contribution is -0.115. The molecule has 1 heterocycles. The quantitative estimate of drug-likeness (QED) is 0.499. The molecular formula is C24H21N3O3. The summed E-state index contributed by atoms with van der Waals surface area (Å²) in [7, 11) is 1.61. The van der Waals surface area contributed by atoms with Crippen LogP contribution < -0.4 is 10.1 Å². The highest BCUT2D eigenvalue weighted by Crippen LogP contribution is 2.26. The van der Waals surface area contributed by atoms with Gasteiger partial charge < -0.3 is 14.5 Å². The predicted molar refractivity (Wildman–Crippen MR) is 115 cm³/mol. The van der Waals surface area contributed by atoms with Crippen LogP contribution in [0.2, 0.25) is 0 Å². The van der Waals surface area contributed by atoms with E-state index in [2.05, 4.69) is 15.5 Å². The van der Waals surface area contributed by atoms with E-state index >= 15 is 0 Å². The van der Waals surface area contributed by atoms with Crippen molar-refractivity contribution in [1.82, 2.24) is 10.2 Å². The first-order valence-corrected chi connectivity index (χ1v) is 9.54. The fourth-order valence-corrected chi connectivity index (χ4v) is 3.10. The number of carbonyl (C=O) groups is 1.